The van der Waals surface area contributed by atoms with Crippen molar-refractivity contribution in [2.45, 2.75) is 6.92 Å². The zero-order valence-corrected chi connectivity index (χ0v) is 9.66. The number of sulfone groups is 1. The molecule has 0 saturated carbocycles. The average Bonchev–Trinajstić information content (AvgIpc) is 2.14. The van der Waals surface area contributed by atoms with E-state index in [1.807, 2.05) is 0 Å². The molecule has 0 aliphatic rings. The minimum atomic E-state index is -3.04. The van der Waals surface area contributed by atoms with Crippen molar-refractivity contribution in [3.63, 3.8) is 0 Å². The number of rotatable bonds is 8. The van der Waals surface area contributed by atoms with E-state index in [0.717, 1.165) is 0 Å². The van der Waals surface area contributed by atoms with Crippen molar-refractivity contribution in [2.75, 3.05) is 31.1 Å². The van der Waals surface area contributed by atoms with Crippen molar-refractivity contribution in [1.82, 2.24) is 4.90 Å². The first-order valence-electron chi connectivity index (χ1n) is 4.66. The summed E-state index contributed by atoms with van der Waals surface area (Å²) in [5.41, 5.74) is 0. The highest BCUT2D eigenvalue weighted by atomic mass is 32.2. The molecule has 0 aromatic carbocycles. The molecule has 0 rings (SSSR count). The monoisotopic (exact) mass is 235 g/mol. The number of hydrogen-bond donors (Lipinski definition) is 1. The quantitative estimate of drug-likeness (QED) is 0.599. The lowest BCUT2D eigenvalue weighted by Gasteiger charge is -2.17. The Morgan fingerprint density at radius 1 is 1.53 bits per heavy atom. The van der Waals surface area contributed by atoms with Crippen molar-refractivity contribution in [3.05, 3.63) is 12.7 Å². The summed E-state index contributed by atoms with van der Waals surface area (Å²) in [6.45, 7) is 5.51. The molecule has 15 heavy (non-hydrogen) atoms. The Morgan fingerprint density at radius 3 is 2.53 bits per heavy atom. The van der Waals surface area contributed by atoms with E-state index in [2.05, 4.69) is 6.58 Å². The van der Waals surface area contributed by atoms with Gasteiger partial charge in [0, 0.05) is 18.8 Å². The van der Waals surface area contributed by atoms with Crippen molar-refractivity contribution in [3.8, 4) is 0 Å². The Balaban J connectivity index is 4.17. The average molecular weight is 235 g/mol. The van der Waals surface area contributed by atoms with Crippen LogP contribution in [0.5, 0.6) is 0 Å². The lowest BCUT2D eigenvalue weighted by atomic mass is 10.4. The van der Waals surface area contributed by atoms with Gasteiger partial charge in [-0.25, -0.2) is 8.42 Å². The zero-order chi connectivity index (χ0) is 11.9. The summed E-state index contributed by atoms with van der Waals surface area (Å²) in [7, 11) is -3.04. The molecule has 0 aromatic heterocycles. The molecule has 0 atom stereocenters. The van der Waals surface area contributed by atoms with Crippen molar-refractivity contribution >= 4 is 15.8 Å². The van der Waals surface area contributed by atoms with Crippen molar-refractivity contribution in [2.24, 2.45) is 0 Å². The van der Waals surface area contributed by atoms with Crippen LogP contribution in [-0.4, -0.2) is 55.5 Å². The molecule has 5 nitrogen and oxygen atoms in total. The van der Waals surface area contributed by atoms with Gasteiger partial charge in [0.05, 0.1) is 12.3 Å². The predicted molar refractivity (Wildman–Crippen MR) is 58.6 cm³/mol. The fraction of sp³-hybridized carbons (Fsp3) is 0.667. The molecule has 1 N–H and O–H groups in total. The van der Waals surface area contributed by atoms with E-state index in [0.29, 0.717) is 6.54 Å². The molecule has 0 heterocycles. The smallest absolute Gasteiger partial charge is 0.317 e. The Hall–Kier alpha value is -0.880. The first-order valence-corrected chi connectivity index (χ1v) is 6.49. The maximum absolute atomic E-state index is 11.2. The van der Waals surface area contributed by atoms with Crippen LogP contribution in [0.4, 0.5) is 0 Å². The van der Waals surface area contributed by atoms with Gasteiger partial charge in [0.25, 0.3) is 0 Å². The molecule has 0 amide bonds. The molecule has 0 aromatic rings. The number of nitrogens with zero attached hydrogens (tertiary/aromatic N) is 1. The summed E-state index contributed by atoms with van der Waals surface area (Å²) < 4.78 is 22.4. The number of carboxylic acids is 1. The molecule has 0 bridgehead atoms. The highest BCUT2D eigenvalue weighted by Gasteiger charge is 2.13. The van der Waals surface area contributed by atoms with Crippen LogP contribution >= 0.6 is 0 Å². The molecule has 0 fully saturated rings. The minimum absolute atomic E-state index is 0.00931. The predicted octanol–water partition coefficient (Wildman–Crippen LogP) is -0.00630. The van der Waals surface area contributed by atoms with Gasteiger partial charge in [-0.1, -0.05) is 13.0 Å². The summed E-state index contributed by atoms with van der Waals surface area (Å²) in [5.74, 6) is -0.891. The second-order valence-corrected chi connectivity index (χ2v) is 5.63. The van der Waals surface area contributed by atoms with Crippen LogP contribution in [0, 0.1) is 0 Å². The molecular weight excluding hydrogens is 218 g/mol. The lowest BCUT2D eigenvalue weighted by Crippen LogP contribution is -2.34. The summed E-state index contributed by atoms with van der Waals surface area (Å²) in [4.78, 5) is 12.0. The molecule has 88 valence electrons. The van der Waals surface area contributed by atoms with E-state index < -0.39 is 15.8 Å². The van der Waals surface area contributed by atoms with Gasteiger partial charge in [-0.2, -0.15) is 0 Å². The topological polar surface area (TPSA) is 74.7 Å². The summed E-state index contributed by atoms with van der Waals surface area (Å²) in [6.07, 6.45) is 1.56. The normalized spacial score (nSPS) is 11.6. The minimum Gasteiger partial charge on any atom is -0.480 e. The first kappa shape index (κ1) is 14.1. The van der Waals surface area contributed by atoms with Gasteiger partial charge in [-0.3, -0.25) is 9.69 Å². The van der Waals surface area contributed by atoms with Crippen LogP contribution in [0.25, 0.3) is 0 Å². The number of aliphatic carboxylic acids is 1. The third-order valence-electron chi connectivity index (χ3n) is 1.90. The number of carboxylic acid groups (broad SMARTS) is 1. The molecule has 0 aliphatic carbocycles. The van der Waals surface area contributed by atoms with Gasteiger partial charge in [-0.05, 0) is 0 Å². The van der Waals surface area contributed by atoms with E-state index in [-0.39, 0.29) is 24.6 Å². The fourth-order valence-corrected chi connectivity index (χ4v) is 1.85. The molecular formula is C9H17NO4S. The molecule has 0 radical (unpaired) electrons. The number of carbonyl (C=O) groups is 1. The van der Waals surface area contributed by atoms with Gasteiger partial charge in [0.1, 0.15) is 0 Å². The van der Waals surface area contributed by atoms with E-state index in [1.165, 1.54) is 4.90 Å². The standard InChI is InChI=1S/C9H17NO4S/c1-3-5-10(8-9(11)12)6-7-15(13,14)4-2/h3H,1,4-8H2,2H3,(H,11,12). The van der Waals surface area contributed by atoms with E-state index in [9.17, 15) is 13.2 Å². The Labute approximate surface area is 90.3 Å². The summed E-state index contributed by atoms with van der Waals surface area (Å²) in [5, 5.41) is 8.57. The van der Waals surface area contributed by atoms with E-state index in [4.69, 9.17) is 5.11 Å². The Kier molecular flexibility index (Phi) is 6.19. The molecule has 0 saturated heterocycles. The maximum atomic E-state index is 11.2. The Bertz CT molecular complexity index is 310. The third-order valence-corrected chi connectivity index (χ3v) is 3.59. The van der Waals surface area contributed by atoms with Crippen molar-refractivity contribution in [1.29, 1.82) is 0 Å². The second-order valence-electron chi connectivity index (χ2n) is 3.15. The highest BCUT2D eigenvalue weighted by Crippen LogP contribution is 1.94. The van der Waals surface area contributed by atoms with Crippen LogP contribution in [0.3, 0.4) is 0 Å². The van der Waals surface area contributed by atoms with Crippen molar-refractivity contribution < 1.29 is 18.3 Å². The molecule has 0 unspecified atom stereocenters. The van der Waals surface area contributed by atoms with E-state index >= 15 is 0 Å². The third kappa shape index (κ3) is 7.10. The molecule has 0 spiro atoms. The van der Waals surface area contributed by atoms with Crippen LogP contribution in [0.1, 0.15) is 6.92 Å². The molecule has 6 heteroatoms. The highest BCUT2D eigenvalue weighted by molar-refractivity contribution is 7.91. The van der Waals surface area contributed by atoms with Gasteiger partial charge in [-0.15, -0.1) is 6.58 Å². The fourth-order valence-electron chi connectivity index (χ4n) is 1.02. The van der Waals surface area contributed by atoms with Crippen LogP contribution in [0.2, 0.25) is 0 Å². The van der Waals surface area contributed by atoms with Gasteiger partial charge in [0.2, 0.25) is 0 Å². The summed E-state index contributed by atoms with van der Waals surface area (Å²) >= 11 is 0. The first-order chi connectivity index (χ1) is 6.91. The van der Waals surface area contributed by atoms with Gasteiger partial charge < -0.3 is 5.11 Å². The van der Waals surface area contributed by atoms with Crippen LogP contribution in [0.15, 0.2) is 12.7 Å². The lowest BCUT2D eigenvalue weighted by molar-refractivity contribution is -0.138. The van der Waals surface area contributed by atoms with Gasteiger partial charge >= 0.3 is 5.97 Å². The van der Waals surface area contributed by atoms with Crippen LogP contribution in [-0.2, 0) is 14.6 Å². The summed E-state index contributed by atoms with van der Waals surface area (Å²) in [6, 6.07) is 0. The Morgan fingerprint density at radius 2 is 2.13 bits per heavy atom. The number of hydrogen-bond acceptors (Lipinski definition) is 4. The van der Waals surface area contributed by atoms with Gasteiger partial charge in [0.15, 0.2) is 9.84 Å². The molecule has 0 aliphatic heterocycles. The van der Waals surface area contributed by atoms with E-state index in [1.54, 1.807) is 13.0 Å². The second kappa shape index (κ2) is 6.58. The SMILES string of the molecule is C=CCN(CCS(=O)(=O)CC)CC(=O)O. The maximum Gasteiger partial charge on any atom is 0.317 e. The largest absolute Gasteiger partial charge is 0.480 e. The zero-order valence-electron chi connectivity index (χ0n) is 8.85. The van der Waals surface area contributed by atoms with Crippen LogP contribution < -0.4 is 0 Å².